The smallest absolute Gasteiger partial charge is 0.143 e. The van der Waals surface area contributed by atoms with Gasteiger partial charge in [0.2, 0.25) is 0 Å². The fourth-order valence-electron chi connectivity index (χ4n) is 3.66. The summed E-state index contributed by atoms with van der Waals surface area (Å²) in [5, 5.41) is 1.18. The van der Waals surface area contributed by atoms with Crippen LogP contribution in [0.1, 0.15) is 31.1 Å². The number of aromatic nitrogens is 4. The van der Waals surface area contributed by atoms with E-state index in [-0.39, 0.29) is 0 Å². The van der Waals surface area contributed by atoms with E-state index in [9.17, 15) is 0 Å². The lowest BCUT2D eigenvalue weighted by Gasteiger charge is -2.38. The quantitative estimate of drug-likeness (QED) is 0.794. The van der Waals surface area contributed by atoms with Gasteiger partial charge in [0.05, 0.1) is 11.1 Å². The average molecular weight is 336 g/mol. The van der Waals surface area contributed by atoms with E-state index in [1.807, 2.05) is 12.3 Å². The van der Waals surface area contributed by atoms with Gasteiger partial charge in [0.1, 0.15) is 17.8 Å². The van der Waals surface area contributed by atoms with Crippen LogP contribution >= 0.6 is 0 Å². The Kier molecular flexibility index (Phi) is 4.36. The number of hydrogen-bond donors (Lipinski definition) is 1. The number of nitrogens with zero attached hydrogens (tertiary/aromatic N) is 5. The highest BCUT2D eigenvalue weighted by Crippen LogP contribution is 2.28. The summed E-state index contributed by atoms with van der Waals surface area (Å²) in [6.07, 6.45) is 6.58. The maximum atomic E-state index is 4.60. The van der Waals surface area contributed by atoms with Crippen LogP contribution < -0.4 is 4.90 Å². The van der Waals surface area contributed by atoms with Crippen LogP contribution in [0, 0.1) is 0 Å². The number of fused-ring (bicyclic) bond motifs is 1. The fraction of sp³-hybridized carbons (Fsp3) is 0.421. The van der Waals surface area contributed by atoms with E-state index in [0.717, 1.165) is 49.8 Å². The van der Waals surface area contributed by atoms with Crippen LogP contribution in [-0.4, -0.2) is 51.0 Å². The highest BCUT2D eigenvalue weighted by atomic mass is 15.3. The molecule has 0 bridgehead atoms. The van der Waals surface area contributed by atoms with E-state index in [1.54, 1.807) is 6.33 Å². The van der Waals surface area contributed by atoms with E-state index in [4.69, 9.17) is 0 Å². The van der Waals surface area contributed by atoms with Gasteiger partial charge in [-0.15, -0.1) is 0 Å². The second-order valence-corrected chi connectivity index (χ2v) is 6.54. The lowest BCUT2D eigenvalue weighted by molar-refractivity contribution is 0.195. The highest BCUT2D eigenvalue weighted by molar-refractivity contribution is 5.90. The van der Waals surface area contributed by atoms with Crippen molar-refractivity contribution in [2.75, 3.05) is 31.1 Å². The number of piperazine rings is 1. The van der Waals surface area contributed by atoms with Gasteiger partial charge in [-0.2, -0.15) is 0 Å². The molecule has 6 nitrogen and oxygen atoms in total. The number of pyridine rings is 1. The Morgan fingerprint density at radius 1 is 1.12 bits per heavy atom. The Hall–Kier alpha value is -2.47. The van der Waals surface area contributed by atoms with Crippen LogP contribution in [0.5, 0.6) is 0 Å². The average Bonchev–Trinajstić information content (AvgIpc) is 3.11. The summed E-state index contributed by atoms with van der Waals surface area (Å²) in [6, 6.07) is 6.48. The molecule has 4 heterocycles. The van der Waals surface area contributed by atoms with Crippen LogP contribution in [0.15, 0.2) is 36.9 Å². The molecular weight excluding hydrogens is 312 g/mol. The molecule has 1 fully saturated rings. The van der Waals surface area contributed by atoms with Crippen molar-refractivity contribution in [1.29, 1.82) is 0 Å². The molecule has 1 unspecified atom stereocenters. The fourth-order valence-corrected chi connectivity index (χ4v) is 3.66. The Bertz CT molecular complexity index is 836. The number of nitrogens with one attached hydrogen (secondary N) is 1. The molecule has 4 rings (SSSR count). The van der Waals surface area contributed by atoms with E-state index in [2.05, 4.69) is 61.9 Å². The van der Waals surface area contributed by atoms with Gasteiger partial charge in [0.15, 0.2) is 0 Å². The number of H-pyrrole nitrogens is 1. The monoisotopic (exact) mass is 336 g/mol. The minimum atomic E-state index is 0.340. The van der Waals surface area contributed by atoms with Crippen molar-refractivity contribution in [3.05, 3.63) is 48.2 Å². The molecule has 0 radical (unpaired) electrons. The van der Waals surface area contributed by atoms with Crippen molar-refractivity contribution in [3.8, 4) is 0 Å². The SMILES string of the molecule is CCc1c[nH]c2ncnc(N3CCN(C(C)c4ccccn4)CC3)c12. The molecule has 3 aromatic rings. The van der Waals surface area contributed by atoms with Crippen molar-refractivity contribution < 1.29 is 0 Å². The standard InChI is InChI=1S/C19H24N6/c1-3-15-12-21-18-17(15)19(23-13-22-18)25-10-8-24(9-11-25)14(2)16-6-4-5-7-20-16/h4-7,12-14H,3,8-11H2,1-2H3,(H,21,22,23). The first-order valence-electron chi connectivity index (χ1n) is 8.98. The van der Waals surface area contributed by atoms with Crippen LogP contribution in [0.4, 0.5) is 5.82 Å². The third-order valence-electron chi connectivity index (χ3n) is 5.19. The van der Waals surface area contributed by atoms with Crippen molar-refractivity contribution in [2.24, 2.45) is 0 Å². The first kappa shape index (κ1) is 16.0. The van der Waals surface area contributed by atoms with E-state index >= 15 is 0 Å². The van der Waals surface area contributed by atoms with Crippen molar-refractivity contribution in [1.82, 2.24) is 24.8 Å². The molecule has 130 valence electrons. The number of hydrogen-bond acceptors (Lipinski definition) is 5. The van der Waals surface area contributed by atoms with Gasteiger partial charge in [0, 0.05) is 44.6 Å². The molecule has 0 aromatic carbocycles. The van der Waals surface area contributed by atoms with Gasteiger partial charge in [0.25, 0.3) is 0 Å². The summed E-state index contributed by atoms with van der Waals surface area (Å²) in [5.41, 5.74) is 3.36. The summed E-state index contributed by atoms with van der Waals surface area (Å²) in [7, 11) is 0. The third-order valence-corrected chi connectivity index (χ3v) is 5.19. The summed E-state index contributed by atoms with van der Waals surface area (Å²) in [6.45, 7) is 8.37. The Morgan fingerprint density at radius 2 is 1.96 bits per heavy atom. The molecule has 1 atom stereocenters. The normalized spacial score (nSPS) is 17.1. The molecule has 1 aliphatic rings. The van der Waals surface area contributed by atoms with Gasteiger partial charge in [-0.25, -0.2) is 9.97 Å². The summed E-state index contributed by atoms with van der Waals surface area (Å²) in [5.74, 6) is 1.06. The molecule has 0 saturated carbocycles. The first-order chi connectivity index (χ1) is 12.3. The Balaban J connectivity index is 1.52. The molecule has 1 aliphatic heterocycles. The molecular formula is C19H24N6. The predicted octanol–water partition coefficient (Wildman–Crippen LogP) is 2.80. The zero-order valence-electron chi connectivity index (χ0n) is 14.8. The van der Waals surface area contributed by atoms with Gasteiger partial charge in [-0.05, 0) is 31.0 Å². The number of aryl methyl sites for hydroxylation is 1. The number of rotatable bonds is 4. The topological polar surface area (TPSA) is 60.9 Å². The lowest BCUT2D eigenvalue weighted by Crippen LogP contribution is -2.47. The maximum absolute atomic E-state index is 4.60. The van der Waals surface area contributed by atoms with E-state index in [1.165, 1.54) is 10.9 Å². The second kappa shape index (κ2) is 6.80. The van der Waals surface area contributed by atoms with Gasteiger partial charge >= 0.3 is 0 Å². The zero-order chi connectivity index (χ0) is 17.2. The summed E-state index contributed by atoms with van der Waals surface area (Å²) in [4.78, 5) is 21.6. The summed E-state index contributed by atoms with van der Waals surface area (Å²) >= 11 is 0. The summed E-state index contributed by atoms with van der Waals surface area (Å²) < 4.78 is 0. The molecule has 1 N–H and O–H groups in total. The minimum absolute atomic E-state index is 0.340. The Labute approximate surface area is 147 Å². The molecule has 3 aromatic heterocycles. The maximum Gasteiger partial charge on any atom is 0.143 e. The van der Waals surface area contributed by atoms with Crippen LogP contribution in [0.2, 0.25) is 0 Å². The van der Waals surface area contributed by atoms with Crippen LogP contribution in [-0.2, 0) is 6.42 Å². The van der Waals surface area contributed by atoms with Gasteiger partial charge < -0.3 is 9.88 Å². The minimum Gasteiger partial charge on any atom is -0.353 e. The van der Waals surface area contributed by atoms with Crippen molar-refractivity contribution in [2.45, 2.75) is 26.3 Å². The highest BCUT2D eigenvalue weighted by Gasteiger charge is 2.25. The van der Waals surface area contributed by atoms with Crippen molar-refractivity contribution in [3.63, 3.8) is 0 Å². The molecule has 0 spiro atoms. The molecule has 1 saturated heterocycles. The van der Waals surface area contributed by atoms with Crippen molar-refractivity contribution >= 4 is 16.9 Å². The van der Waals surface area contributed by atoms with Gasteiger partial charge in [-0.3, -0.25) is 9.88 Å². The molecule has 6 heteroatoms. The zero-order valence-corrected chi connectivity index (χ0v) is 14.8. The number of aromatic amines is 1. The third kappa shape index (κ3) is 2.98. The largest absolute Gasteiger partial charge is 0.353 e. The van der Waals surface area contributed by atoms with Crippen LogP contribution in [0.3, 0.4) is 0 Å². The molecule has 0 amide bonds. The predicted molar refractivity (Wildman–Crippen MR) is 99.7 cm³/mol. The lowest BCUT2D eigenvalue weighted by atomic mass is 10.1. The second-order valence-electron chi connectivity index (χ2n) is 6.54. The first-order valence-corrected chi connectivity index (χ1v) is 8.98. The van der Waals surface area contributed by atoms with Gasteiger partial charge in [-0.1, -0.05) is 13.0 Å². The number of anilines is 1. The van der Waals surface area contributed by atoms with E-state index in [0.29, 0.717) is 6.04 Å². The van der Waals surface area contributed by atoms with Crippen LogP contribution in [0.25, 0.3) is 11.0 Å². The molecule has 0 aliphatic carbocycles. The Morgan fingerprint density at radius 3 is 2.68 bits per heavy atom. The molecule has 25 heavy (non-hydrogen) atoms. The van der Waals surface area contributed by atoms with E-state index < -0.39 is 0 Å².